The van der Waals surface area contributed by atoms with Crippen molar-refractivity contribution in [2.75, 3.05) is 0 Å². The number of hydrogen-bond donors (Lipinski definition) is 2. The number of rotatable bonds is 6. The molecule has 0 aliphatic heterocycles. The maximum Gasteiger partial charge on any atom is 0.305 e. The number of hydrazine groups is 1. The van der Waals surface area contributed by atoms with Gasteiger partial charge in [0.15, 0.2) is 5.76 Å². The minimum absolute atomic E-state index is 0.0715. The van der Waals surface area contributed by atoms with Crippen molar-refractivity contribution in [3.05, 3.63) is 94.9 Å². The van der Waals surface area contributed by atoms with Crippen LogP contribution in [0.25, 0.3) is 10.6 Å². The number of carbonyl (C=O) groups excluding carboxylic acids is 2. The monoisotopic (exact) mass is 433 g/mol. The molecule has 0 aliphatic carbocycles. The first kappa shape index (κ1) is 20.4. The summed E-state index contributed by atoms with van der Waals surface area (Å²) in [6.45, 7) is 1.91. The highest BCUT2D eigenvalue weighted by Gasteiger charge is 2.20. The molecule has 2 aromatic heterocycles. The fourth-order valence-corrected chi connectivity index (χ4v) is 3.83. The van der Waals surface area contributed by atoms with Crippen molar-refractivity contribution in [2.24, 2.45) is 0 Å². The number of carbonyl (C=O) groups is 2. The number of amides is 2. The van der Waals surface area contributed by atoms with Crippen molar-refractivity contribution in [3.63, 3.8) is 0 Å². The second-order valence-electron chi connectivity index (χ2n) is 6.58. The number of hydrogen-bond acceptors (Lipinski definition) is 6. The Labute approximate surface area is 182 Å². The van der Waals surface area contributed by atoms with E-state index < -0.39 is 11.8 Å². The molecule has 2 aromatic carbocycles. The van der Waals surface area contributed by atoms with E-state index in [0.717, 1.165) is 10.6 Å². The summed E-state index contributed by atoms with van der Waals surface area (Å²) in [5.74, 6) is -0.268. The Morgan fingerprint density at radius 3 is 2.39 bits per heavy atom. The van der Waals surface area contributed by atoms with Crippen LogP contribution in [0.2, 0.25) is 0 Å². The van der Waals surface area contributed by atoms with Crippen LogP contribution in [0.1, 0.15) is 31.5 Å². The van der Waals surface area contributed by atoms with Crippen LogP contribution < -0.4 is 15.6 Å². The summed E-state index contributed by atoms with van der Waals surface area (Å²) in [5, 5.41) is 0.737. The van der Waals surface area contributed by atoms with Gasteiger partial charge in [-0.3, -0.25) is 20.4 Å². The van der Waals surface area contributed by atoms with E-state index in [4.69, 9.17) is 9.15 Å². The maximum atomic E-state index is 12.6. The molecule has 2 heterocycles. The van der Waals surface area contributed by atoms with Gasteiger partial charge in [-0.25, -0.2) is 4.98 Å². The minimum Gasteiger partial charge on any atom is -0.489 e. The molecule has 0 unspecified atom stereocenters. The lowest BCUT2D eigenvalue weighted by atomic mass is 10.2. The molecule has 4 aromatic rings. The minimum atomic E-state index is -0.574. The zero-order valence-corrected chi connectivity index (χ0v) is 17.4. The number of aromatic nitrogens is 1. The second kappa shape index (κ2) is 9.27. The zero-order chi connectivity index (χ0) is 21.6. The molecule has 2 amide bonds. The SMILES string of the molecule is Cc1nc(-c2ccccc2)sc1C(=O)NNC(=O)c1occc1COc1ccccc1. The van der Waals surface area contributed by atoms with Gasteiger partial charge in [0.05, 0.1) is 12.0 Å². The van der Waals surface area contributed by atoms with Crippen molar-refractivity contribution in [1.82, 2.24) is 15.8 Å². The zero-order valence-electron chi connectivity index (χ0n) is 16.6. The quantitative estimate of drug-likeness (QED) is 0.441. The molecule has 7 nitrogen and oxygen atoms in total. The molecule has 0 saturated heterocycles. The van der Waals surface area contributed by atoms with Crippen LogP contribution in [0.3, 0.4) is 0 Å². The summed E-state index contributed by atoms with van der Waals surface area (Å²) >= 11 is 1.26. The van der Waals surface area contributed by atoms with E-state index in [1.54, 1.807) is 13.0 Å². The van der Waals surface area contributed by atoms with E-state index in [2.05, 4.69) is 15.8 Å². The average molecular weight is 433 g/mol. The van der Waals surface area contributed by atoms with Crippen LogP contribution >= 0.6 is 11.3 Å². The summed E-state index contributed by atoms with van der Waals surface area (Å²) in [7, 11) is 0. The Balaban J connectivity index is 1.38. The predicted octanol–water partition coefficient (Wildman–Crippen LogP) is 4.37. The van der Waals surface area contributed by atoms with Gasteiger partial charge in [-0.05, 0) is 25.1 Å². The molecule has 8 heteroatoms. The van der Waals surface area contributed by atoms with Gasteiger partial charge in [-0.15, -0.1) is 11.3 Å². The topological polar surface area (TPSA) is 93.5 Å². The Kier molecular flexibility index (Phi) is 6.09. The van der Waals surface area contributed by atoms with Crippen molar-refractivity contribution in [3.8, 4) is 16.3 Å². The van der Waals surface area contributed by atoms with Crippen LogP contribution in [0.4, 0.5) is 0 Å². The molecule has 2 N–H and O–H groups in total. The van der Waals surface area contributed by atoms with Crippen molar-refractivity contribution in [2.45, 2.75) is 13.5 Å². The summed E-state index contributed by atoms with van der Waals surface area (Å²) < 4.78 is 10.9. The Bertz CT molecular complexity index is 1190. The van der Waals surface area contributed by atoms with Crippen molar-refractivity contribution < 1.29 is 18.7 Å². The molecule has 0 fully saturated rings. The van der Waals surface area contributed by atoms with E-state index in [1.807, 2.05) is 60.7 Å². The van der Waals surface area contributed by atoms with Crippen LogP contribution in [-0.4, -0.2) is 16.8 Å². The van der Waals surface area contributed by atoms with Crippen molar-refractivity contribution >= 4 is 23.2 Å². The number of ether oxygens (including phenoxy) is 1. The Hall–Kier alpha value is -3.91. The standard InChI is InChI=1S/C23H19N3O4S/c1-15-20(31-23(24-15)16-8-4-2-5-9-16)22(28)26-25-21(27)19-17(12-13-29-19)14-30-18-10-6-3-7-11-18/h2-13H,14H2,1H3,(H,25,27)(H,26,28). The summed E-state index contributed by atoms with van der Waals surface area (Å²) in [6.07, 6.45) is 1.40. The summed E-state index contributed by atoms with van der Waals surface area (Å²) in [5.41, 5.74) is 6.90. The highest BCUT2D eigenvalue weighted by Crippen LogP contribution is 2.27. The predicted molar refractivity (Wildman–Crippen MR) is 117 cm³/mol. The Morgan fingerprint density at radius 1 is 0.968 bits per heavy atom. The van der Waals surface area contributed by atoms with E-state index in [1.165, 1.54) is 17.6 Å². The highest BCUT2D eigenvalue weighted by atomic mass is 32.1. The number of thiazole rings is 1. The van der Waals surface area contributed by atoms with Gasteiger partial charge < -0.3 is 9.15 Å². The van der Waals surface area contributed by atoms with Crippen LogP contribution in [-0.2, 0) is 6.61 Å². The first-order valence-electron chi connectivity index (χ1n) is 9.49. The van der Waals surface area contributed by atoms with Gasteiger partial charge in [0.2, 0.25) is 0 Å². The lowest BCUT2D eigenvalue weighted by Crippen LogP contribution is -2.41. The third kappa shape index (κ3) is 4.81. The molecule has 0 aliphatic rings. The molecule has 4 rings (SSSR count). The van der Waals surface area contributed by atoms with Crippen LogP contribution in [0, 0.1) is 6.92 Å². The van der Waals surface area contributed by atoms with Gasteiger partial charge in [0, 0.05) is 11.1 Å². The van der Waals surface area contributed by atoms with E-state index >= 15 is 0 Å². The highest BCUT2D eigenvalue weighted by molar-refractivity contribution is 7.17. The second-order valence-corrected chi connectivity index (χ2v) is 7.58. The molecular weight excluding hydrogens is 414 g/mol. The number of nitrogens with one attached hydrogen (secondary N) is 2. The maximum absolute atomic E-state index is 12.6. The fourth-order valence-electron chi connectivity index (χ4n) is 2.86. The Morgan fingerprint density at radius 2 is 1.65 bits per heavy atom. The number of aryl methyl sites for hydroxylation is 1. The van der Waals surface area contributed by atoms with Gasteiger partial charge in [0.25, 0.3) is 5.91 Å². The molecular formula is C23H19N3O4S. The van der Waals surface area contributed by atoms with Crippen LogP contribution in [0.15, 0.2) is 77.4 Å². The molecule has 0 saturated carbocycles. The van der Waals surface area contributed by atoms with Gasteiger partial charge >= 0.3 is 5.91 Å². The number of furan rings is 1. The van der Waals surface area contributed by atoms with E-state index in [-0.39, 0.29) is 12.4 Å². The largest absolute Gasteiger partial charge is 0.489 e. The number of para-hydroxylation sites is 1. The fraction of sp³-hybridized carbons (Fsp3) is 0.0870. The smallest absolute Gasteiger partial charge is 0.305 e. The first-order chi connectivity index (χ1) is 15.1. The van der Waals surface area contributed by atoms with Crippen molar-refractivity contribution in [1.29, 1.82) is 0 Å². The normalized spacial score (nSPS) is 10.5. The number of nitrogens with zero attached hydrogens (tertiary/aromatic N) is 1. The third-order valence-corrected chi connectivity index (χ3v) is 5.61. The number of benzene rings is 2. The van der Waals surface area contributed by atoms with Crippen LogP contribution in [0.5, 0.6) is 5.75 Å². The molecule has 0 bridgehead atoms. The third-order valence-electron chi connectivity index (χ3n) is 4.40. The molecule has 156 valence electrons. The van der Waals surface area contributed by atoms with Gasteiger partial charge in [-0.1, -0.05) is 48.5 Å². The molecule has 31 heavy (non-hydrogen) atoms. The molecule has 0 atom stereocenters. The summed E-state index contributed by atoms with van der Waals surface area (Å²) in [4.78, 5) is 29.9. The summed E-state index contributed by atoms with van der Waals surface area (Å²) in [6, 6.07) is 20.5. The molecule has 0 radical (unpaired) electrons. The van der Waals surface area contributed by atoms with Gasteiger partial charge in [0.1, 0.15) is 22.2 Å². The lowest BCUT2D eigenvalue weighted by molar-refractivity contribution is 0.0830. The average Bonchev–Trinajstić information content (AvgIpc) is 3.44. The van der Waals surface area contributed by atoms with E-state index in [0.29, 0.717) is 21.9 Å². The first-order valence-corrected chi connectivity index (χ1v) is 10.3. The van der Waals surface area contributed by atoms with E-state index in [9.17, 15) is 9.59 Å². The lowest BCUT2D eigenvalue weighted by Gasteiger charge is -2.08. The van der Waals surface area contributed by atoms with Gasteiger partial charge in [-0.2, -0.15) is 0 Å². The molecule has 0 spiro atoms.